The van der Waals surface area contributed by atoms with Crippen LogP contribution in [0, 0.1) is 11.8 Å². The van der Waals surface area contributed by atoms with Gasteiger partial charge in [0, 0.05) is 18.5 Å². The van der Waals surface area contributed by atoms with Gasteiger partial charge in [-0.2, -0.15) is 0 Å². The molecule has 0 spiro atoms. The first-order valence-electron chi connectivity index (χ1n) is 7.00. The lowest BCUT2D eigenvalue weighted by Gasteiger charge is -2.27. The van der Waals surface area contributed by atoms with Crippen LogP contribution in [-0.4, -0.2) is 34.5 Å². The average molecular weight is 255 g/mol. The summed E-state index contributed by atoms with van der Waals surface area (Å²) in [6.07, 6.45) is 5.10. The van der Waals surface area contributed by atoms with Gasteiger partial charge in [0.05, 0.1) is 5.92 Å². The number of nitrogens with zero attached hydrogens (tertiary/aromatic N) is 1. The quantitative estimate of drug-likeness (QED) is 0.725. The van der Waals surface area contributed by atoms with Gasteiger partial charge >= 0.3 is 5.97 Å². The molecule has 0 heterocycles. The van der Waals surface area contributed by atoms with Crippen molar-refractivity contribution in [2.75, 3.05) is 6.54 Å². The molecule has 0 aliphatic heterocycles. The first-order chi connectivity index (χ1) is 8.47. The van der Waals surface area contributed by atoms with Crippen molar-refractivity contribution in [2.24, 2.45) is 11.8 Å². The van der Waals surface area contributed by atoms with Gasteiger partial charge in [-0.1, -0.05) is 33.6 Å². The predicted octanol–water partition coefficient (Wildman–Crippen LogP) is 2.52. The van der Waals surface area contributed by atoms with Gasteiger partial charge in [-0.25, -0.2) is 0 Å². The molecule has 0 aromatic rings. The number of carbonyl (C=O) groups is 2. The topological polar surface area (TPSA) is 57.6 Å². The van der Waals surface area contributed by atoms with Crippen LogP contribution in [0.5, 0.6) is 0 Å². The molecule has 1 aliphatic carbocycles. The molecule has 0 aromatic carbocycles. The molecule has 1 aliphatic rings. The standard InChI is InChI=1S/C14H25NO3/c1-4-5-6-10(2)13(16)15(12-7-8-12)9-11(3)14(17)18/h10-12H,4-9H2,1-3H3,(H,17,18). The number of amides is 1. The van der Waals surface area contributed by atoms with Gasteiger partial charge in [0.2, 0.25) is 5.91 Å². The van der Waals surface area contributed by atoms with Gasteiger partial charge in [0.15, 0.2) is 0 Å². The molecule has 4 nitrogen and oxygen atoms in total. The summed E-state index contributed by atoms with van der Waals surface area (Å²) in [5, 5.41) is 8.96. The number of carbonyl (C=O) groups excluding carboxylic acids is 1. The maximum Gasteiger partial charge on any atom is 0.308 e. The Bertz CT molecular complexity index is 299. The summed E-state index contributed by atoms with van der Waals surface area (Å²) in [6, 6.07) is 0.295. The summed E-state index contributed by atoms with van der Waals surface area (Å²) >= 11 is 0. The molecule has 2 atom stereocenters. The van der Waals surface area contributed by atoms with Crippen LogP contribution in [0.15, 0.2) is 0 Å². The summed E-state index contributed by atoms with van der Waals surface area (Å²) in [5.41, 5.74) is 0. The minimum atomic E-state index is -0.824. The molecule has 104 valence electrons. The van der Waals surface area contributed by atoms with Crippen molar-refractivity contribution >= 4 is 11.9 Å². The minimum Gasteiger partial charge on any atom is -0.481 e. The zero-order chi connectivity index (χ0) is 13.7. The molecule has 0 bridgehead atoms. The van der Waals surface area contributed by atoms with Crippen LogP contribution in [0.1, 0.15) is 52.9 Å². The third-order valence-electron chi connectivity index (χ3n) is 3.58. The Morgan fingerprint density at radius 3 is 2.33 bits per heavy atom. The van der Waals surface area contributed by atoms with E-state index in [0.717, 1.165) is 32.1 Å². The normalized spacial score (nSPS) is 18.2. The number of unbranched alkanes of at least 4 members (excludes halogenated alkanes) is 1. The van der Waals surface area contributed by atoms with E-state index in [1.165, 1.54) is 0 Å². The van der Waals surface area contributed by atoms with Gasteiger partial charge in [-0.05, 0) is 19.3 Å². The monoisotopic (exact) mass is 255 g/mol. The fourth-order valence-corrected chi connectivity index (χ4v) is 2.10. The lowest BCUT2D eigenvalue weighted by molar-refractivity contribution is -0.144. The van der Waals surface area contributed by atoms with Gasteiger partial charge in [-0.3, -0.25) is 9.59 Å². The van der Waals surface area contributed by atoms with Crippen LogP contribution in [0.3, 0.4) is 0 Å². The van der Waals surface area contributed by atoms with E-state index >= 15 is 0 Å². The van der Waals surface area contributed by atoms with Gasteiger partial charge in [0.25, 0.3) is 0 Å². The van der Waals surface area contributed by atoms with Gasteiger partial charge in [-0.15, -0.1) is 0 Å². The summed E-state index contributed by atoms with van der Waals surface area (Å²) in [7, 11) is 0. The Labute approximate surface area is 109 Å². The number of carboxylic acid groups (broad SMARTS) is 1. The highest BCUT2D eigenvalue weighted by Gasteiger charge is 2.35. The fourth-order valence-electron chi connectivity index (χ4n) is 2.10. The second-order valence-electron chi connectivity index (χ2n) is 5.50. The SMILES string of the molecule is CCCCC(C)C(=O)N(CC(C)C(=O)O)C1CC1. The molecule has 1 fully saturated rings. The van der Waals surface area contributed by atoms with Crippen LogP contribution in [0.25, 0.3) is 0 Å². The van der Waals surface area contributed by atoms with E-state index in [9.17, 15) is 9.59 Å². The maximum atomic E-state index is 12.3. The molecule has 1 amide bonds. The Balaban J connectivity index is 2.55. The van der Waals surface area contributed by atoms with Crippen molar-refractivity contribution in [3.05, 3.63) is 0 Å². The van der Waals surface area contributed by atoms with Crippen molar-refractivity contribution in [3.63, 3.8) is 0 Å². The summed E-state index contributed by atoms with van der Waals surface area (Å²) < 4.78 is 0. The molecule has 18 heavy (non-hydrogen) atoms. The molecule has 2 unspecified atom stereocenters. The molecule has 0 radical (unpaired) electrons. The Morgan fingerprint density at radius 1 is 1.28 bits per heavy atom. The van der Waals surface area contributed by atoms with Crippen LogP contribution in [0.2, 0.25) is 0 Å². The molecule has 1 saturated carbocycles. The number of rotatable bonds is 8. The lowest BCUT2D eigenvalue weighted by Crippen LogP contribution is -2.41. The van der Waals surface area contributed by atoms with Crippen molar-refractivity contribution in [3.8, 4) is 0 Å². The maximum absolute atomic E-state index is 12.3. The van der Waals surface area contributed by atoms with Crippen LogP contribution < -0.4 is 0 Å². The van der Waals surface area contributed by atoms with Crippen LogP contribution >= 0.6 is 0 Å². The summed E-state index contributed by atoms with van der Waals surface area (Å²) in [6.45, 7) is 6.10. The first kappa shape index (κ1) is 15.0. The highest BCUT2D eigenvalue weighted by molar-refractivity contribution is 5.80. The largest absolute Gasteiger partial charge is 0.481 e. The van der Waals surface area contributed by atoms with Gasteiger partial charge in [0.1, 0.15) is 0 Å². The second kappa shape index (κ2) is 6.76. The third kappa shape index (κ3) is 4.31. The number of carboxylic acids is 1. The number of aliphatic carboxylic acids is 1. The summed E-state index contributed by atoms with van der Waals surface area (Å²) in [5.74, 6) is -1.15. The molecular formula is C14H25NO3. The Morgan fingerprint density at radius 2 is 1.89 bits per heavy atom. The number of hydrogen-bond donors (Lipinski definition) is 1. The zero-order valence-corrected chi connectivity index (χ0v) is 11.7. The summed E-state index contributed by atoms with van der Waals surface area (Å²) in [4.78, 5) is 25.0. The molecule has 0 aromatic heterocycles. The van der Waals surface area contributed by atoms with E-state index in [1.807, 2.05) is 6.92 Å². The fraction of sp³-hybridized carbons (Fsp3) is 0.857. The van der Waals surface area contributed by atoms with E-state index in [4.69, 9.17) is 5.11 Å². The van der Waals surface area contributed by atoms with Crippen molar-refractivity contribution < 1.29 is 14.7 Å². The predicted molar refractivity (Wildman–Crippen MR) is 70.2 cm³/mol. The van der Waals surface area contributed by atoms with E-state index in [2.05, 4.69) is 6.92 Å². The van der Waals surface area contributed by atoms with E-state index in [0.29, 0.717) is 12.6 Å². The Hall–Kier alpha value is -1.06. The van der Waals surface area contributed by atoms with E-state index in [1.54, 1.807) is 11.8 Å². The lowest BCUT2D eigenvalue weighted by atomic mass is 10.0. The smallest absolute Gasteiger partial charge is 0.308 e. The van der Waals surface area contributed by atoms with E-state index in [-0.39, 0.29) is 11.8 Å². The van der Waals surface area contributed by atoms with Gasteiger partial charge < -0.3 is 10.0 Å². The molecule has 1 rings (SSSR count). The first-order valence-corrected chi connectivity index (χ1v) is 7.00. The second-order valence-corrected chi connectivity index (χ2v) is 5.50. The third-order valence-corrected chi connectivity index (χ3v) is 3.58. The van der Waals surface area contributed by atoms with Crippen LogP contribution in [-0.2, 0) is 9.59 Å². The molecular weight excluding hydrogens is 230 g/mol. The minimum absolute atomic E-state index is 0.0199. The van der Waals surface area contributed by atoms with E-state index < -0.39 is 11.9 Å². The Kier molecular flexibility index (Phi) is 5.63. The number of hydrogen-bond acceptors (Lipinski definition) is 2. The van der Waals surface area contributed by atoms with Crippen molar-refractivity contribution in [1.29, 1.82) is 0 Å². The average Bonchev–Trinajstić information content (AvgIpc) is 3.15. The highest BCUT2D eigenvalue weighted by Crippen LogP contribution is 2.29. The molecule has 0 saturated heterocycles. The zero-order valence-electron chi connectivity index (χ0n) is 11.7. The molecule has 4 heteroatoms. The highest BCUT2D eigenvalue weighted by atomic mass is 16.4. The van der Waals surface area contributed by atoms with Crippen molar-refractivity contribution in [2.45, 2.75) is 58.9 Å². The van der Waals surface area contributed by atoms with Crippen LogP contribution in [0.4, 0.5) is 0 Å². The molecule has 1 N–H and O–H groups in total. The van der Waals surface area contributed by atoms with Crippen molar-refractivity contribution in [1.82, 2.24) is 4.90 Å².